The highest BCUT2D eigenvalue weighted by atomic mass is 16.4. The first kappa shape index (κ1) is 18.4. The second-order valence-corrected chi connectivity index (χ2v) is 6.20. The van der Waals surface area contributed by atoms with Crippen LogP contribution in [-0.2, 0) is 16.0 Å². The molecule has 1 aromatic heterocycles. The van der Waals surface area contributed by atoms with Crippen LogP contribution >= 0.6 is 0 Å². The van der Waals surface area contributed by atoms with Crippen molar-refractivity contribution >= 4 is 17.5 Å². The molecule has 138 valence electrons. The average molecular weight is 363 g/mol. The fraction of sp³-hybridized carbons (Fsp3) is 0.190. The monoisotopic (exact) mass is 363 g/mol. The predicted molar refractivity (Wildman–Crippen MR) is 103 cm³/mol. The molecule has 3 rings (SSSR count). The maximum Gasteiger partial charge on any atom is 0.243 e. The van der Waals surface area contributed by atoms with E-state index in [0.717, 1.165) is 11.1 Å². The van der Waals surface area contributed by atoms with Gasteiger partial charge in [0.15, 0.2) is 0 Å². The van der Waals surface area contributed by atoms with Gasteiger partial charge in [0.25, 0.3) is 0 Å². The van der Waals surface area contributed by atoms with Gasteiger partial charge in [-0.3, -0.25) is 9.59 Å². The van der Waals surface area contributed by atoms with Gasteiger partial charge >= 0.3 is 0 Å². The Balaban J connectivity index is 1.57. The van der Waals surface area contributed by atoms with Crippen LogP contribution in [0.3, 0.4) is 0 Å². The summed E-state index contributed by atoms with van der Waals surface area (Å²) in [5.41, 5.74) is 3.20. The van der Waals surface area contributed by atoms with Crippen molar-refractivity contribution < 1.29 is 14.0 Å². The fourth-order valence-electron chi connectivity index (χ4n) is 2.64. The molecule has 1 heterocycles. The Labute approximate surface area is 157 Å². The van der Waals surface area contributed by atoms with Crippen LogP contribution in [0.4, 0.5) is 5.69 Å². The van der Waals surface area contributed by atoms with E-state index in [4.69, 9.17) is 4.42 Å². The van der Waals surface area contributed by atoms with Gasteiger partial charge in [0.2, 0.25) is 17.7 Å². The number of carbonyl (C=O) groups excluding carboxylic acids is 2. The van der Waals surface area contributed by atoms with E-state index in [1.807, 2.05) is 49.4 Å². The van der Waals surface area contributed by atoms with Crippen LogP contribution < -0.4 is 10.6 Å². The minimum Gasteiger partial charge on any atom is -0.441 e. The molecule has 0 aliphatic rings. The zero-order chi connectivity index (χ0) is 19.2. The molecule has 0 saturated carbocycles. The Kier molecular flexibility index (Phi) is 5.66. The van der Waals surface area contributed by atoms with Crippen molar-refractivity contribution in [1.29, 1.82) is 0 Å². The van der Waals surface area contributed by atoms with Crippen LogP contribution in [-0.4, -0.2) is 23.3 Å². The quantitative estimate of drug-likeness (QED) is 0.704. The third kappa shape index (κ3) is 4.82. The molecular formula is C21H21N3O3. The smallest absolute Gasteiger partial charge is 0.243 e. The average Bonchev–Trinajstić information content (AvgIpc) is 3.01. The van der Waals surface area contributed by atoms with Gasteiger partial charge in [-0.05, 0) is 37.6 Å². The number of hydrogen-bond acceptors (Lipinski definition) is 4. The molecule has 0 aliphatic carbocycles. The van der Waals surface area contributed by atoms with Gasteiger partial charge in [-0.2, -0.15) is 0 Å². The number of nitrogens with one attached hydrogen (secondary N) is 2. The molecule has 2 aromatic carbocycles. The van der Waals surface area contributed by atoms with Crippen LogP contribution in [0.15, 0.2) is 59.0 Å². The Morgan fingerprint density at radius 1 is 0.963 bits per heavy atom. The summed E-state index contributed by atoms with van der Waals surface area (Å²) in [4.78, 5) is 28.5. The number of aromatic nitrogens is 1. The summed E-state index contributed by atoms with van der Waals surface area (Å²) in [6, 6.07) is 16.9. The number of benzene rings is 2. The number of para-hydroxylation sites is 1. The second-order valence-electron chi connectivity index (χ2n) is 6.20. The Morgan fingerprint density at radius 2 is 1.67 bits per heavy atom. The number of oxazole rings is 1. The first-order chi connectivity index (χ1) is 13.0. The predicted octanol–water partition coefficient (Wildman–Crippen LogP) is 3.26. The van der Waals surface area contributed by atoms with Gasteiger partial charge in [-0.15, -0.1) is 0 Å². The van der Waals surface area contributed by atoms with E-state index in [0.29, 0.717) is 23.0 Å². The minimum absolute atomic E-state index is 0.0554. The number of nitrogens with zero attached hydrogens (tertiary/aromatic N) is 1. The molecule has 0 saturated heterocycles. The number of anilines is 1. The number of amides is 2. The van der Waals surface area contributed by atoms with Crippen LogP contribution in [0.5, 0.6) is 0 Å². The molecule has 0 atom stereocenters. The third-order valence-corrected chi connectivity index (χ3v) is 4.10. The Morgan fingerprint density at radius 3 is 2.41 bits per heavy atom. The van der Waals surface area contributed by atoms with Crippen LogP contribution in [0.25, 0.3) is 11.5 Å². The molecule has 6 nitrogen and oxygen atoms in total. The lowest BCUT2D eigenvalue weighted by molar-refractivity contribution is -0.123. The maximum atomic E-state index is 12.2. The SMILES string of the molecule is Cc1ccccc1-c1nc(CC(=O)NCC(=O)Nc2ccccc2)c(C)o1. The summed E-state index contributed by atoms with van der Waals surface area (Å²) in [6.45, 7) is 3.65. The fourth-order valence-corrected chi connectivity index (χ4v) is 2.64. The molecular weight excluding hydrogens is 342 g/mol. The molecule has 3 aromatic rings. The third-order valence-electron chi connectivity index (χ3n) is 4.10. The normalized spacial score (nSPS) is 10.4. The van der Waals surface area contributed by atoms with Gasteiger partial charge in [0.05, 0.1) is 18.7 Å². The molecule has 0 aliphatic heterocycles. The summed E-state index contributed by atoms with van der Waals surface area (Å²) in [7, 11) is 0. The van der Waals surface area contributed by atoms with E-state index in [-0.39, 0.29) is 24.8 Å². The molecule has 2 amide bonds. The van der Waals surface area contributed by atoms with Crippen LogP contribution in [0.1, 0.15) is 17.0 Å². The van der Waals surface area contributed by atoms with Crippen molar-refractivity contribution in [1.82, 2.24) is 10.3 Å². The largest absolute Gasteiger partial charge is 0.441 e. The first-order valence-electron chi connectivity index (χ1n) is 8.67. The van der Waals surface area contributed by atoms with Crippen molar-refractivity contribution in [3.63, 3.8) is 0 Å². The molecule has 0 bridgehead atoms. The van der Waals surface area contributed by atoms with E-state index in [1.165, 1.54) is 0 Å². The number of rotatable bonds is 6. The van der Waals surface area contributed by atoms with Gasteiger partial charge in [0.1, 0.15) is 5.76 Å². The highest BCUT2D eigenvalue weighted by molar-refractivity contribution is 5.94. The molecule has 0 radical (unpaired) electrons. The molecule has 0 unspecified atom stereocenters. The summed E-state index contributed by atoms with van der Waals surface area (Å²) in [5, 5.41) is 5.32. The summed E-state index contributed by atoms with van der Waals surface area (Å²) in [5.74, 6) is 0.519. The summed E-state index contributed by atoms with van der Waals surface area (Å²) in [6.07, 6.45) is 0.0554. The van der Waals surface area contributed by atoms with E-state index < -0.39 is 0 Å². The van der Waals surface area contributed by atoms with Gasteiger partial charge in [-0.25, -0.2) is 4.98 Å². The van der Waals surface area contributed by atoms with Crippen molar-refractivity contribution in [2.75, 3.05) is 11.9 Å². The number of aryl methyl sites for hydroxylation is 2. The molecule has 0 fully saturated rings. The second kappa shape index (κ2) is 8.31. The lowest BCUT2D eigenvalue weighted by atomic mass is 10.1. The van der Waals surface area contributed by atoms with E-state index in [1.54, 1.807) is 19.1 Å². The van der Waals surface area contributed by atoms with E-state index in [9.17, 15) is 9.59 Å². The van der Waals surface area contributed by atoms with Crippen LogP contribution in [0, 0.1) is 13.8 Å². The lowest BCUT2D eigenvalue weighted by Crippen LogP contribution is -2.33. The number of hydrogen-bond donors (Lipinski definition) is 2. The zero-order valence-electron chi connectivity index (χ0n) is 15.3. The Hall–Kier alpha value is -3.41. The molecule has 27 heavy (non-hydrogen) atoms. The van der Waals surface area contributed by atoms with Crippen LogP contribution in [0.2, 0.25) is 0 Å². The van der Waals surface area contributed by atoms with Crippen molar-refractivity contribution in [3.8, 4) is 11.5 Å². The minimum atomic E-state index is -0.286. The standard InChI is InChI=1S/C21H21N3O3/c1-14-8-6-7-11-17(14)21-24-18(15(2)27-21)12-19(25)22-13-20(26)23-16-9-4-3-5-10-16/h3-11H,12-13H2,1-2H3,(H,22,25)(H,23,26). The van der Waals surface area contributed by atoms with Crippen molar-refractivity contribution in [2.24, 2.45) is 0 Å². The van der Waals surface area contributed by atoms with Crippen molar-refractivity contribution in [2.45, 2.75) is 20.3 Å². The first-order valence-corrected chi connectivity index (χ1v) is 8.67. The number of carbonyl (C=O) groups is 2. The van der Waals surface area contributed by atoms with Gasteiger partial charge in [-0.1, -0.05) is 36.4 Å². The van der Waals surface area contributed by atoms with Gasteiger partial charge in [0, 0.05) is 11.3 Å². The maximum absolute atomic E-state index is 12.2. The zero-order valence-corrected chi connectivity index (χ0v) is 15.3. The lowest BCUT2D eigenvalue weighted by Gasteiger charge is -2.06. The Bertz CT molecular complexity index is 948. The van der Waals surface area contributed by atoms with E-state index >= 15 is 0 Å². The van der Waals surface area contributed by atoms with Crippen molar-refractivity contribution in [3.05, 3.63) is 71.6 Å². The molecule has 6 heteroatoms. The summed E-state index contributed by atoms with van der Waals surface area (Å²) < 4.78 is 5.72. The molecule has 0 spiro atoms. The van der Waals surface area contributed by atoms with Gasteiger partial charge < -0.3 is 15.1 Å². The molecule has 2 N–H and O–H groups in total. The summed E-state index contributed by atoms with van der Waals surface area (Å²) >= 11 is 0. The highest BCUT2D eigenvalue weighted by Gasteiger charge is 2.16. The topological polar surface area (TPSA) is 84.2 Å². The highest BCUT2D eigenvalue weighted by Crippen LogP contribution is 2.24. The van der Waals surface area contributed by atoms with E-state index in [2.05, 4.69) is 15.6 Å².